The summed E-state index contributed by atoms with van der Waals surface area (Å²) in [6.07, 6.45) is 11.5. The monoisotopic (exact) mass is 360 g/mol. The predicted molar refractivity (Wildman–Crippen MR) is 110 cm³/mol. The summed E-state index contributed by atoms with van der Waals surface area (Å²) in [4.78, 5) is 22.7. The van der Waals surface area contributed by atoms with Crippen molar-refractivity contribution in [3.63, 3.8) is 0 Å². The van der Waals surface area contributed by atoms with Crippen LogP contribution in [-0.4, -0.2) is 48.2 Å². The second-order valence-electron chi connectivity index (χ2n) is 6.55. The van der Waals surface area contributed by atoms with Crippen molar-refractivity contribution in [3.8, 4) is 0 Å². The fourth-order valence-electron chi connectivity index (χ4n) is 2.81. The lowest BCUT2D eigenvalue weighted by Gasteiger charge is -2.18. The molecule has 0 bridgehead atoms. The predicted octanol–water partition coefficient (Wildman–Crippen LogP) is 3.82. The van der Waals surface area contributed by atoms with Crippen molar-refractivity contribution in [3.05, 3.63) is 29.6 Å². The maximum atomic E-state index is 12.0. The molecule has 5 heteroatoms. The molecule has 0 saturated heterocycles. The second-order valence-corrected chi connectivity index (χ2v) is 6.55. The minimum atomic E-state index is 0.131. The van der Waals surface area contributed by atoms with Gasteiger partial charge in [-0.15, -0.1) is 0 Å². The lowest BCUT2D eigenvalue weighted by molar-refractivity contribution is -0.129. The molecule has 5 nitrogen and oxygen atoms in total. The van der Waals surface area contributed by atoms with Gasteiger partial charge in [0.25, 0.3) is 0 Å². The number of pyridine rings is 1. The van der Waals surface area contributed by atoms with Gasteiger partial charge in [-0.2, -0.15) is 0 Å². The van der Waals surface area contributed by atoms with Gasteiger partial charge >= 0.3 is 0 Å². The minimum Gasteiger partial charge on any atom is -0.342 e. The normalized spacial score (nSPS) is 11.2. The van der Waals surface area contributed by atoms with Gasteiger partial charge in [0.1, 0.15) is 0 Å². The Balaban J connectivity index is 2.29. The quantitative estimate of drug-likeness (QED) is 0.405. The zero-order valence-electron chi connectivity index (χ0n) is 16.8. The van der Waals surface area contributed by atoms with E-state index in [0.717, 1.165) is 37.3 Å². The molecule has 0 aliphatic carbocycles. The van der Waals surface area contributed by atoms with E-state index in [1.165, 1.54) is 32.1 Å². The Morgan fingerprint density at radius 2 is 1.88 bits per heavy atom. The van der Waals surface area contributed by atoms with Gasteiger partial charge in [0.2, 0.25) is 5.91 Å². The molecule has 1 N–H and O–H groups in total. The first kappa shape index (κ1) is 22.3. The summed E-state index contributed by atoms with van der Waals surface area (Å²) in [7, 11) is 0. The number of carbonyl (C=O) groups excluding carboxylic acids is 1. The molecule has 0 unspecified atom stereocenters. The fourth-order valence-corrected chi connectivity index (χ4v) is 2.81. The molecule has 0 aliphatic heterocycles. The first-order valence-electron chi connectivity index (χ1n) is 10.1. The van der Waals surface area contributed by atoms with Gasteiger partial charge in [-0.3, -0.25) is 14.8 Å². The molecule has 1 amide bonds. The Hall–Kier alpha value is -1.75. The smallest absolute Gasteiger partial charge is 0.236 e. The SMILES string of the molecule is CCCCCCCCN=Cc1ccnc(CNCC(=O)N(CC)CC)c1. The van der Waals surface area contributed by atoms with E-state index in [9.17, 15) is 4.79 Å². The lowest BCUT2D eigenvalue weighted by Crippen LogP contribution is -2.37. The summed E-state index contributed by atoms with van der Waals surface area (Å²) in [6.45, 7) is 9.56. The largest absolute Gasteiger partial charge is 0.342 e. The van der Waals surface area contributed by atoms with Gasteiger partial charge < -0.3 is 10.2 Å². The number of amides is 1. The molecule has 146 valence electrons. The Kier molecular flexibility index (Phi) is 12.4. The molecule has 0 radical (unpaired) electrons. The molecule has 1 rings (SSSR count). The van der Waals surface area contributed by atoms with Crippen LogP contribution in [-0.2, 0) is 11.3 Å². The van der Waals surface area contributed by atoms with E-state index in [0.29, 0.717) is 13.1 Å². The van der Waals surface area contributed by atoms with E-state index in [2.05, 4.69) is 22.2 Å². The first-order valence-corrected chi connectivity index (χ1v) is 10.1. The molecule has 0 atom stereocenters. The van der Waals surface area contributed by atoms with E-state index < -0.39 is 0 Å². The van der Waals surface area contributed by atoms with Crippen molar-refractivity contribution >= 4 is 12.1 Å². The Morgan fingerprint density at radius 1 is 1.15 bits per heavy atom. The third-order valence-corrected chi connectivity index (χ3v) is 4.42. The lowest BCUT2D eigenvalue weighted by atomic mass is 10.1. The van der Waals surface area contributed by atoms with Crippen molar-refractivity contribution in [1.29, 1.82) is 0 Å². The van der Waals surface area contributed by atoms with Gasteiger partial charge in [0, 0.05) is 38.6 Å². The molecule has 0 fully saturated rings. The second kappa shape index (κ2) is 14.4. The Labute approximate surface area is 159 Å². The van der Waals surface area contributed by atoms with Gasteiger partial charge in [-0.05, 0) is 38.0 Å². The highest BCUT2D eigenvalue weighted by molar-refractivity contribution is 5.79. The zero-order valence-corrected chi connectivity index (χ0v) is 16.8. The average Bonchev–Trinajstić information content (AvgIpc) is 2.65. The van der Waals surface area contributed by atoms with Crippen molar-refractivity contribution < 1.29 is 4.79 Å². The van der Waals surface area contributed by atoms with Crippen LogP contribution in [0.3, 0.4) is 0 Å². The van der Waals surface area contributed by atoms with E-state index in [-0.39, 0.29) is 5.91 Å². The summed E-state index contributed by atoms with van der Waals surface area (Å²) in [5, 5.41) is 3.18. The van der Waals surface area contributed by atoms with Crippen molar-refractivity contribution in [2.24, 2.45) is 4.99 Å². The number of unbranched alkanes of at least 4 members (excludes halogenated alkanes) is 5. The van der Waals surface area contributed by atoms with Crippen LogP contribution in [0.1, 0.15) is 70.6 Å². The standard InChI is InChI=1S/C21H36N4O/c1-4-7-8-9-10-11-13-22-16-19-12-14-24-20(15-19)17-23-18-21(26)25(5-2)6-3/h12,14-16,23H,4-11,13,17-18H2,1-3H3. The van der Waals surface area contributed by atoms with Gasteiger partial charge in [0.15, 0.2) is 0 Å². The Morgan fingerprint density at radius 3 is 2.62 bits per heavy atom. The molecule has 0 aliphatic rings. The van der Waals surface area contributed by atoms with Crippen molar-refractivity contribution in [1.82, 2.24) is 15.2 Å². The first-order chi connectivity index (χ1) is 12.7. The van der Waals surface area contributed by atoms with Crippen molar-refractivity contribution in [2.45, 2.75) is 65.8 Å². The summed E-state index contributed by atoms with van der Waals surface area (Å²) in [5.41, 5.74) is 2.00. The summed E-state index contributed by atoms with van der Waals surface area (Å²) in [5.74, 6) is 0.131. The van der Waals surface area contributed by atoms with Gasteiger partial charge in [-0.1, -0.05) is 39.0 Å². The topological polar surface area (TPSA) is 57.6 Å². The van der Waals surface area contributed by atoms with Crippen LogP contribution in [0.2, 0.25) is 0 Å². The number of carbonyl (C=O) groups is 1. The van der Waals surface area contributed by atoms with Crippen LogP contribution in [0, 0.1) is 0 Å². The third-order valence-electron chi connectivity index (χ3n) is 4.42. The summed E-state index contributed by atoms with van der Waals surface area (Å²) in [6, 6.07) is 3.99. The zero-order chi connectivity index (χ0) is 19.0. The molecular weight excluding hydrogens is 324 g/mol. The maximum absolute atomic E-state index is 12.0. The average molecular weight is 361 g/mol. The minimum absolute atomic E-state index is 0.131. The van der Waals surface area contributed by atoms with Crippen LogP contribution < -0.4 is 5.32 Å². The van der Waals surface area contributed by atoms with E-state index in [1.807, 2.05) is 37.1 Å². The highest BCUT2D eigenvalue weighted by Gasteiger charge is 2.08. The van der Waals surface area contributed by atoms with Crippen LogP contribution in [0.15, 0.2) is 23.3 Å². The highest BCUT2D eigenvalue weighted by Crippen LogP contribution is 2.05. The number of aromatic nitrogens is 1. The molecule has 26 heavy (non-hydrogen) atoms. The number of hydrogen-bond donors (Lipinski definition) is 1. The molecular formula is C21H36N4O. The Bertz CT molecular complexity index is 526. The molecule has 1 aromatic rings. The van der Waals surface area contributed by atoms with Crippen molar-refractivity contribution in [2.75, 3.05) is 26.2 Å². The van der Waals surface area contributed by atoms with E-state index in [1.54, 1.807) is 6.20 Å². The van der Waals surface area contributed by atoms with Gasteiger partial charge in [-0.25, -0.2) is 0 Å². The summed E-state index contributed by atoms with van der Waals surface area (Å²) < 4.78 is 0. The number of nitrogens with one attached hydrogen (secondary N) is 1. The van der Waals surface area contributed by atoms with Gasteiger partial charge in [0.05, 0.1) is 12.2 Å². The number of hydrogen-bond acceptors (Lipinski definition) is 4. The van der Waals surface area contributed by atoms with E-state index >= 15 is 0 Å². The van der Waals surface area contributed by atoms with Crippen LogP contribution >= 0.6 is 0 Å². The number of nitrogens with zero attached hydrogens (tertiary/aromatic N) is 3. The van der Waals surface area contributed by atoms with Crippen LogP contribution in [0.4, 0.5) is 0 Å². The summed E-state index contributed by atoms with van der Waals surface area (Å²) >= 11 is 0. The van der Waals surface area contributed by atoms with Crippen LogP contribution in [0.5, 0.6) is 0 Å². The molecule has 1 heterocycles. The van der Waals surface area contributed by atoms with Crippen LogP contribution in [0.25, 0.3) is 0 Å². The molecule has 0 aromatic carbocycles. The third kappa shape index (κ3) is 9.66. The number of aliphatic imine (C=N–C) groups is 1. The highest BCUT2D eigenvalue weighted by atomic mass is 16.2. The molecule has 0 saturated carbocycles. The molecule has 0 spiro atoms. The van der Waals surface area contributed by atoms with E-state index in [4.69, 9.17) is 0 Å². The fraction of sp³-hybridized carbons (Fsp3) is 0.667. The molecule has 1 aromatic heterocycles. The maximum Gasteiger partial charge on any atom is 0.236 e. The number of rotatable bonds is 14. The number of likely N-dealkylation sites (N-methyl/N-ethyl adjacent to an activating group) is 1.